The summed E-state index contributed by atoms with van der Waals surface area (Å²) in [5.41, 5.74) is 3.13. The molecule has 2 aromatic heterocycles. The predicted octanol–water partition coefficient (Wildman–Crippen LogP) is 2.64. The van der Waals surface area contributed by atoms with Crippen molar-refractivity contribution in [3.8, 4) is 17.1 Å². The average Bonchev–Trinajstić information content (AvgIpc) is 3.18. The number of anilines is 1. The second-order valence-electron chi connectivity index (χ2n) is 7.84. The van der Waals surface area contributed by atoms with E-state index in [4.69, 9.17) is 19.2 Å². The molecule has 3 aromatic rings. The molecule has 5 rings (SSSR count). The standard InChI is InChI=1S/C21H25N5O3/c1-25-7-5-14(6-8-25)17-18-19(29-24-17)21(26-9-11-28-12-10-26)23-20(22-18)15-3-2-4-16(27)13-15/h2-4,13-14,27H,5-12H2,1H3. The molecular formula is C21H25N5O3. The summed E-state index contributed by atoms with van der Waals surface area (Å²) in [5, 5.41) is 14.4. The first-order chi connectivity index (χ1) is 14.2. The largest absolute Gasteiger partial charge is 0.508 e. The van der Waals surface area contributed by atoms with E-state index in [1.807, 2.05) is 6.07 Å². The van der Waals surface area contributed by atoms with E-state index < -0.39 is 0 Å². The van der Waals surface area contributed by atoms with Crippen LogP contribution in [0.25, 0.3) is 22.5 Å². The molecule has 8 nitrogen and oxygen atoms in total. The van der Waals surface area contributed by atoms with Crippen molar-refractivity contribution in [2.24, 2.45) is 0 Å². The molecule has 0 atom stereocenters. The number of fused-ring (bicyclic) bond motifs is 1. The van der Waals surface area contributed by atoms with Gasteiger partial charge in [-0.2, -0.15) is 0 Å². The van der Waals surface area contributed by atoms with E-state index >= 15 is 0 Å². The van der Waals surface area contributed by atoms with Gasteiger partial charge < -0.3 is 24.2 Å². The molecule has 4 heterocycles. The molecule has 0 spiro atoms. The Morgan fingerprint density at radius 1 is 1.07 bits per heavy atom. The van der Waals surface area contributed by atoms with Crippen molar-refractivity contribution >= 4 is 16.9 Å². The Hall–Kier alpha value is -2.71. The van der Waals surface area contributed by atoms with Gasteiger partial charge in [0.1, 0.15) is 17.0 Å². The number of hydrogen-bond acceptors (Lipinski definition) is 8. The van der Waals surface area contributed by atoms with Crippen molar-refractivity contribution in [2.75, 3.05) is 51.3 Å². The van der Waals surface area contributed by atoms with E-state index in [-0.39, 0.29) is 5.75 Å². The number of phenolic OH excluding ortho intramolecular Hbond substituents is 1. The second kappa shape index (κ2) is 7.61. The van der Waals surface area contributed by atoms with E-state index in [2.05, 4.69) is 22.0 Å². The van der Waals surface area contributed by atoms with Gasteiger partial charge in [-0.3, -0.25) is 0 Å². The Morgan fingerprint density at radius 2 is 1.86 bits per heavy atom. The molecule has 2 aliphatic heterocycles. The van der Waals surface area contributed by atoms with E-state index in [9.17, 15) is 5.11 Å². The lowest BCUT2D eigenvalue weighted by Gasteiger charge is -2.28. The highest BCUT2D eigenvalue weighted by Gasteiger charge is 2.28. The van der Waals surface area contributed by atoms with Crippen molar-refractivity contribution < 1.29 is 14.4 Å². The van der Waals surface area contributed by atoms with Crippen molar-refractivity contribution in [2.45, 2.75) is 18.8 Å². The van der Waals surface area contributed by atoms with E-state index in [1.54, 1.807) is 18.2 Å². The van der Waals surface area contributed by atoms with Gasteiger partial charge in [-0.15, -0.1) is 0 Å². The lowest BCUT2D eigenvalue weighted by molar-refractivity contribution is 0.122. The van der Waals surface area contributed by atoms with E-state index in [1.165, 1.54) is 0 Å². The normalized spacial score (nSPS) is 19.1. The molecule has 0 saturated carbocycles. The van der Waals surface area contributed by atoms with Crippen LogP contribution < -0.4 is 4.90 Å². The van der Waals surface area contributed by atoms with Gasteiger partial charge in [-0.1, -0.05) is 17.3 Å². The quantitative estimate of drug-likeness (QED) is 0.724. The number of nitrogens with zero attached hydrogens (tertiary/aromatic N) is 5. The molecule has 1 N–H and O–H groups in total. The maximum atomic E-state index is 9.93. The zero-order valence-electron chi connectivity index (χ0n) is 16.5. The summed E-state index contributed by atoms with van der Waals surface area (Å²) in [6, 6.07) is 7.05. The highest BCUT2D eigenvalue weighted by molar-refractivity contribution is 5.88. The topological polar surface area (TPSA) is 87.8 Å². The Balaban J connectivity index is 1.64. The Kier molecular flexibility index (Phi) is 4.81. The number of piperidine rings is 1. The molecule has 152 valence electrons. The number of ether oxygens (including phenoxy) is 1. The summed E-state index contributed by atoms with van der Waals surface area (Å²) >= 11 is 0. The Bertz CT molecular complexity index is 1010. The zero-order chi connectivity index (χ0) is 19.8. The number of aromatic hydroxyl groups is 1. The first-order valence-corrected chi connectivity index (χ1v) is 10.2. The minimum atomic E-state index is 0.194. The Labute approximate surface area is 169 Å². The van der Waals surface area contributed by atoms with Gasteiger partial charge in [0.05, 0.1) is 13.2 Å². The van der Waals surface area contributed by atoms with Gasteiger partial charge in [0.25, 0.3) is 0 Å². The highest BCUT2D eigenvalue weighted by atomic mass is 16.5. The monoisotopic (exact) mass is 395 g/mol. The van der Waals surface area contributed by atoms with Crippen molar-refractivity contribution in [1.82, 2.24) is 20.0 Å². The van der Waals surface area contributed by atoms with Crippen molar-refractivity contribution in [1.29, 1.82) is 0 Å². The van der Waals surface area contributed by atoms with Gasteiger partial charge in [-0.05, 0) is 45.1 Å². The number of morpholine rings is 1. The number of rotatable bonds is 3. The number of likely N-dealkylation sites (tertiary alicyclic amines) is 1. The molecule has 2 aliphatic rings. The first kappa shape index (κ1) is 18.3. The SMILES string of the molecule is CN1CCC(c2noc3c(N4CCOCC4)nc(-c4cccc(O)c4)nc23)CC1. The lowest BCUT2D eigenvalue weighted by Crippen LogP contribution is -2.37. The van der Waals surface area contributed by atoms with Crippen LogP contribution in [0, 0.1) is 0 Å². The van der Waals surface area contributed by atoms with Crippen LogP contribution in [0.4, 0.5) is 5.82 Å². The van der Waals surface area contributed by atoms with Crippen LogP contribution in [0.15, 0.2) is 28.8 Å². The van der Waals surface area contributed by atoms with Gasteiger partial charge >= 0.3 is 0 Å². The molecule has 1 aromatic carbocycles. The molecule has 29 heavy (non-hydrogen) atoms. The number of hydrogen-bond donors (Lipinski definition) is 1. The molecule has 0 bridgehead atoms. The summed E-state index contributed by atoms with van der Waals surface area (Å²) in [6.45, 7) is 4.89. The third-order valence-corrected chi connectivity index (χ3v) is 5.85. The van der Waals surface area contributed by atoms with E-state index in [0.717, 1.165) is 61.6 Å². The van der Waals surface area contributed by atoms with Crippen LogP contribution in [-0.4, -0.2) is 71.6 Å². The van der Waals surface area contributed by atoms with Crippen LogP contribution in [0.5, 0.6) is 5.75 Å². The minimum absolute atomic E-state index is 0.194. The summed E-state index contributed by atoms with van der Waals surface area (Å²) in [5.74, 6) is 1.85. The van der Waals surface area contributed by atoms with Crippen LogP contribution in [0.3, 0.4) is 0 Å². The molecule has 0 radical (unpaired) electrons. The van der Waals surface area contributed by atoms with Crippen LogP contribution in [0.2, 0.25) is 0 Å². The summed E-state index contributed by atoms with van der Waals surface area (Å²) in [7, 11) is 2.15. The number of phenols is 1. The fraction of sp³-hybridized carbons (Fsp3) is 0.476. The van der Waals surface area contributed by atoms with E-state index in [0.29, 0.717) is 30.5 Å². The molecule has 0 amide bonds. The minimum Gasteiger partial charge on any atom is -0.508 e. The smallest absolute Gasteiger partial charge is 0.227 e. The summed E-state index contributed by atoms with van der Waals surface area (Å²) in [6.07, 6.45) is 2.08. The first-order valence-electron chi connectivity index (χ1n) is 10.2. The zero-order valence-corrected chi connectivity index (χ0v) is 16.5. The third-order valence-electron chi connectivity index (χ3n) is 5.85. The van der Waals surface area contributed by atoms with Gasteiger partial charge in [-0.25, -0.2) is 9.97 Å². The fourth-order valence-electron chi connectivity index (χ4n) is 4.15. The summed E-state index contributed by atoms with van der Waals surface area (Å²) < 4.78 is 11.3. The molecule has 0 aliphatic carbocycles. The van der Waals surface area contributed by atoms with Crippen molar-refractivity contribution in [3.63, 3.8) is 0 Å². The van der Waals surface area contributed by atoms with Crippen molar-refractivity contribution in [3.05, 3.63) is 30.0 Å². The lowest BCUT2D eigenvalue weighted by atomic mass is 9.93. The van der Waals surface area contributed by atoms with Crippen LogP contribution >= 0.6 is 0 Å². The maximum absolute atomic E-state index is 9.93. The predicted molar refractivity (Wildman–Crippen MR) is 109 cm³/mol. The van der Waals surface area contributed by atoms with Gasteiger partial charge in [0, 0.05) is 24.6 Å². The molecule has 8 heteroatoms. The maximum Gasteiger partial charge on any atom is 0.227 e. The number of aromatic nitrogens is 3. The van der Waals surface area contributed by atoms with Gasteiger partial charge in [0.2, 0.25) is 5.58 Å². The average molecular weight is 395 g/mol. The Morgan fingerprint density at radius 3 is 2.62 bits per heavy atom. The molecule has 2 saturated heterocycles. The highest BCUT2D eigenvalue weighted by Crippen LogP contribution is 2.36. The van der Waals surface area contributed by atoms with Crippen LogP contribution in [-0.2, 0) is 4.74 Å². The second-order valence-corrected chi connectivity index (χ2v) is 7.84. The molecular weight excluding hydrogens is 370 g/mol. The summed E-state index contributed by atoms with van der Waals surface area (Å²) in [4.78, 5) is 14.2. The van der Waals surface area contributed by atoms with Gasteiger partial charge in [0.15, 0.2) is 11.6 Å². The molecule has 2 fully saturated rings. The molecule has 0 unspecified atom stereocenters. The number of benzene rings is 1. The third kappa shape index (κ3) is 3.54. The fourth-order valence-corrected chi connectivity index (χ4v) is 4.15. The van der Waals surface area contributed by atoms with Crippen LogP contribution in [0.1, 0.15) is 24.5 Å².